The largest absolute Gasteiger partial charge is 0.456 e. The Morgan fingerprint density at radius 3 is 2.62 bits per heavy atom. The standard InChI is InChI=1S/C22H26N2O4S/c25-20(15-28-21(26)13-5-9-17-10-6-14-29-17)24-19-12-4-3-11-18(19)22(27)23-16-7-1-2-8-16/h3-4,6,10-12,14,16H,1-2,5,7-9,13,15H2,(H,23,27)(H,24,25). The second kappa shape index (κ2) is 10.8. The van der Waals surface area contributed by atoms with Crippen molar-refractivity contribution in [2.75, 3.05) is 11.9 Å². The number of nitrogens with one attached hydrogen (secondary N) is 2. The Morgan fingerprint density at radius 1 is 1.07 bits per heavy atom. The van der Waals surface area contributed by atoms with Gasteiger partial charge in [0.05, 0.1) is 11.3 Å². The summed E-state index contributed by atoms with van der Waals surface area (Å²) in [6.45, 7) is -0.365. The zero-order chi connectivity index (χ0) is 20.5. The van der Waals surface area contributed by atoms with Gasteiger partial charge < -0.3 is 15.4 Å². The van der Waals surface area contributed by atoms with E-state index in [1.807, 2.05) is 17.5 Å². The number of benzene rings is 1. The highest BCUT2D eigenvalue weighted by molar-refractivity contribution is 7.09. The van der Waals surface area contributed by atoms with Crippen LogP contribution in [0, 0.1) is 0 Å². The summed E-state index contributed by atoms with van der Waals surface area (Å²) in [6, 6.07) is 11.1. The van der Waals surface area contributed by atoms with Crippen LogP contribution in [0.2, 0.25) is 0 Å². The predicted molar refractivity (Wildman–Crippen MR) is 113 cm³/mol. The van der Waals surface area contributed by atoms with Crippen molar-refractivity contribution in [3.8, 4) is 0 Å². The molecule has 0 bridgehead atoms. The third kappa shape index (κ3) is 6.71. The van der Waals surface area contributed by atoms with Crippen LogP contribution in [-0.4, -0.2) is 30.4 Å². The van der Waals surface area contributed by atoms with Crippen molar-refractivity contribution >= 4 is 34.8 Å². The molecule has 0 spiro atoms. The summed E-state index contributed by atoms with van der Waals surface area (Å²) in [7, 11) is 0. The molecule has 2 N–H and O–H groups in total. The number of carbonyl (C=O) groups is 3. The van der Waals surface area contributed by atoms with Crippen LogP contribution in [-0.2, 0) is 20.7 Å². The normalized spacial score (nSPS) is 13.8. The van der Waals surface area contributed by atoms with Gasteiger partial charge in [0.1, 0.15) is 0 Å². The smallest absolute Gasteiger partial charge is 0.306 e. The summed E-state index contributed by atoms with van der Waals surface area (Å²) in [4.78, 5) is 37.8. The minimum absolute atomic E-state index is 0.196. The Kier molecular flexibility index (Phi) is 7.81. The van der Waals surface area contributed by atoms with Crippen LogP contribution in [0.5, 0.6) is 0 Å². The van der Waals surface area contributed by atoms with Gasteiger partial charge in [-0.2, -0.15) is 0 Å². The SMILES string of the molecule is O=C(COC(=O)CCCc1cccs1)Nc1ccccc1C(=O)NC1CCCC1. The van der Waals surface area contributed by atoms with Crippen molar-refractivity contribution in [2.24, 2.45) is 0 Å². The quantitative estimate of drug-likeness (QED) is 0.609. The lowest BCUT2D eigenvalue weighted by Gasteiger charge is -2.15. The molecule has 2 amide bonds. The molecule has 1 heterocycles. The summed E-state index contributed by atoms with van der Waals surface area (Å²) in [5.41, 5.74) is 0.830. The molecule has 0 atom stereocenters. The first-order valence-corrected chi connectivity index (χ1v) is 10.9. The molecule has 6 nitrogen and oxygen atoms in total. The molecule has 2 aromatic rings. The second-order valence-electron chi connectivity index (χ2n) is 7.14. The minimum Gasteiger partial charge on any atom is -0.456 e. The maximum Gasteiger partial charge on any atom is 0.306 e. The molecule has 0 saturated heterocycles. The summed E-state index contributed by atoms with van der Waals surface area (Å²) in [5.74, 6) is -1.06. The van der Waals surface area contributed by atoms with Gasteiger partial charge in [-0.3, -0.25) is 14.4 Å². The third-order valence-electron chi connectivity index (χ3n) is 4.88. The van der Waals surface area contributed by atoms with Crippen molar-refractivity contribution < 1.29 is 19.1 Å². The molecule has 0 radical (unpaired) electrons. The Labute approximate surface area is 174 Å². The molecule has 0 aliphatic heterocycles. The average Bonchev–Trinajstić information content (AvgIpc) is 3.41. The lowest BCUT2D eigenvalue weighted by molar-refractivity contribution is -0.147. The second-order valence-corrected chi connectivity index (χ2v) is 8.17. The lowest BCUT2D eigenvalue weighted by atomic mass is 10.1. The van der Waals surface area contributed by atoms with Crippen molar-refractivity contribution in [2.45, 2.75) is 51.0 Å². The van der Waals surface area contributed by atoms with Crippen molar-refractivity contribution in [3.63, 3.8) is 0 Å². The van der Waals surface area contributed by atoms with E-state index >= 15 is 0 Å². The Hall–Kier alpha value is -2.67. The first kappa shape index (κ1) is 21.0. The van der Waals surface area contributed by atoms with Crippen molar-refractivity contribution in [1.82, 2.24) is 5.32 Å². The minimum atomic E-state index is -0.460. The zero-order valence-corrected chi connectivity index (χ0v) is 17.1. The summed E-state index contributed by atoms with van der Waals surface area (Å²) in [5, 5.41) is 7.70. The van der Waals surface area contributed by atoms with Gasteiger partial charge in [-0.1, -0.05) is 31.0 Å². The molecule has 29 heavy (non-hydrogen) atoms. The van der Waals surface area contributed by atoms with Crippen LogP contribution >= 0.6 is 11.3 Å². The first-order valence-electron chi connectivity index (χ1n) is 9.99. The Bertz CT molecular complexity index is 829. The van der Waals surface area contributed by atoms with Gasteiger partial charge in [-0.15, -0.1) is 11.3 Å². The van der Waals surface area contributed by atoms with E-state index in [-0.39, 0.29) is 25.0 Å². The van der Waals surface area contributed by atoms with Crippen LogP contribution < -0.4 is 10.6 Å². The number of rotatable bonds is 9. The highest BCUT2D eigenvalue weighted by Crippen LogP contribution is 2.20. The van der Waals surface area contributed by atoms with Crippen LogP contribution in [0.3, 0.4) is 0 Å². The fraction of sp³-hybridized carbons (Fsp3) is 0.409. The van der Waals surface area contributed by atoms with Gasteiger partial charge in [0.2, 0.25) is 0 Å². The molecule has 1 aromatic heterocycles. The van der Waals surface area contributed by atoms with Gasteiger partial charge >= 0.3 is 5.97 Å². The van der Waals surface area contributed by atoms with Gasteiger partial charge in [-0.05, 0) is 49.3 Å². The molecule has 3 rings (SSSR count). The molecule has 154 valence electrons. The Morgan fingerprint density at radius 2 is 1.86 bits per heavy atom. The summed E-state index contributed by atoms with van der Waals surface area (Å²) >= 11 is 1.66. The molecular weight excluding hydrogens is 388 g/mol. The molecule has 1 fully saturated rings. The summed E-state index contributed by atoms with van der Waals surface area (Å²) < 4.78 is 5.06. The molecule has 1 aliphatic carbocycles. The summed E-state index contributed by atoms with van der Waals surface area (Å²) in [6.07, 6.45) is 6.01. The van der Waals surface area contributed by atoms with Gasteiger partial charge in [0.25, 0.3) is 11.8 Å². The number of thiophene rings is 1. The number of ether oxygens (including phenoxy) is 1. The lowest BCUT2D eigenvalue weighted by Crippen LogP contribution is -2.33. The monoisotopic (exact) mass is 414 g/mol. The maximum atomic E-state index is 12.5. The fourth-order valence-corrected chi connectivity index (χ4v) is 4.14. The van der Waals surface area contributed by atoms with E-state index in [1.54, 1.807) is 35.6 Å². The number of hydrogen-bond donors (Lipinski definition) is 2. The molecule has 7 heteroatoms. The van der Waals surface area contributed by atoms with E-state index in [0.717, 1.165) is 32.1 Å². The van der Waals surface area contributed by atoms with E-state index in [4.69, 9.17) is 4.74 Å². The number of carbonyl (C=O) groups excluding carboxylic acids is 3. The number of esters is 1. The van der Waals surface area contributed by atoms with Gasteiger partial charge in [0, 0.05) is 17.3 Å². The topological polar surface area (TPSA) is 84.5 Å². The van der Waals surface area contributed by atoms with Crippen LogP contribution in [0.4, 0.5) is 5.69 Å². The molecule has 1 aliphatic rings. The van der Waals surface area contributed by atoms with Gasteiger partial charge in [-0.25, -0.2) is 0 Å². The van der Waals surface area contributed by atoms with Crippen molar-refractivity contribution in [3.05, 3.63) is 52.2 Å². The zero-order valence-electron chi connectivity index (χ0n) is 16.3. The molecule has 1 saturated carbocycles. The average molecular weight is 415 g/mol. The number of anilines is 1. The Balaban J connectivity index is 1.43. The number of aryl methyl sites for hydroxylation is 1. The van der Waals surface area contributed by atoms with Gasteiger partial charge in [0.15, 0.2) is 6.61 Å². The third-order valence-corrected chi connectivity index (χ3v) is 5.82. The molecular formula is C22H26N2O4S. The van der Waals surface area contributed by atoms with E-state index in [9.17, 15) is 14.4 Å². The highest BCUT2D eigenvalue weighted by atomic mass is 32.1. The molecule has 1 aromatic carbocycles. The first-order chi connectivity index (χ1) is 14.1. The predicted octanol–water partition coefficient (Wildman–Crippen LogP) is 3.93. The van der Waals surface area contributed by atoms with Crippen molar-refractivity contribution in [1.29, 1.82) is 0 Å². The van der Waals surface area contributed by atoms with E-state index in [2.05, 4.69) is 10.6 Å². The van der Waals surface area contributed by atoms with E-state index in [0.29, 0.717) is 17.7 Å². The van der Waals surface area contributed by atoms with E-state index in [1.165, 1.54) is 4.88 Å². The van der Waals surface area contributed by atoms with Crippen LogP contribution in [0.15, 0.2) is 41.8 Å². The number of amides is 2. The highest BCUT2D eigenvalue weighted by Gasteiger charge is 2.20. The van der Waals surface area contributed by atoms with E-state index < -0.39 is 11.9 Å². The van der Waals surface area contributed by atoms with Crippen LogP contribution in [0.1, 0.15) is 53.8 Å². The number of para-hydroxylation sites is 1. The molecule has 0 unspecified atom stereocenters. The fourth-order valence-electron chi connectivity index (χ4n) is 3.39. The van der Waals surface area contributed by atoms with Crippen LogP contribution in [0.25, 0.3) is 0 Å². The maximum absolute atomic E-state index is 12.5. The number of hydrogen-bond acceptors (Lipinski definition) is 5.